The molecular formula is C14H17ClN2O. The van der Waals surface area contributed by atoms with E-state index in [0.29, 0.717) is 17.3 Å². The third kappa shape index (κ3) is 2.51. The maximum atomic E-state index is 12.0. The van der Waals surface area contributed by atoms with Crippen molar-refractivity contribution in [3.8, 4) is 0 Å². The molecule has 0 radical (unpaired) electrons. The summed E-state index contributed by atoms with van der Waals surface area (Å²) in [5, 5.41) is 4.60. The van der Waals surface area contributed by atoms with Crippen molar-refractivity contribution >= 4 is 28.4 Å². The van der Waals surface area contributed by atoms with Gasteiger partial charge in [0.25, 0.3) is 5.91 Å². The fraction of sp³-hybridized carbons (Fsp3) is 0.357. The van der Waals surface area contributed by atoms with E-state index >= 15 is 0 Å². The Labute approximate surface area is 112 Å². The number of halogens is 1. The van der Waals surface area contributed by atoms with Crippen molar-refractivity contribution in [2.24, 2.45) is 0 Å². The van der Waals surface area contributed by atoms with E-state index in [1.165, 1.54) is 0 Å². The Morgan fingerprint density at radius 1 is 1.44 bits per heavy atom. The molecule has 0 saturated heterocycles. The van der Waals surface area contributed by atoms with Gasteiger partial charge in [0.1, 0.15) is 5.69 Å². The van der Waals surface area contributed by atoms with Crippen molar-refractivity contribution in [3.63, 3.8) is 0 Å². The summed E-state index contributed by atoms with van der Waals surface area (Å²) in [6.45, 7) is 4.75. The third-order valence-electron chi connectivity index (χ3n) is 3.06. The van der Waals surface area contributed by atoms with Gasteiger partial charge in [-0.05, 0) is 37.1 Å². The molecule has 4 heteroatoms. The highest BCUT2D eigenvalue weighted by atomic mass is 35.5. The highest BCUT2D eigenvalue weighted by molar-refractivity contribution is 6.31. The Hall–Kier alpha value is -1.48. The Morgan fingerprint density at radius 2 is 2.22 bits per heavy atom. The van der Waals surface area contributed by atoms with Crippen LogP contribution in [-0.2, 0) is 0 Å². The number of unbranched alkanes of at least 4 members (excludes halogenated alkanes) is 1. The molecule has 0 atom stereocenters. The van der Waals surface area contributed by atoms with Gasteiger partial charge in [-0.25, -0.2) is 0 Å². The predicted molar refractivity (Wildman–Crippen MR) is 75.3 cm³/mol. The third-order valence-corrected chi connectivity index (χ3v) is 3.30. The molecule has 0 aliphatic heterocycles. The van der Waals surface area contributed by atoms with Crippen LogP contribution in [0.2, 0.25) is 5.02 Å². The van der Waals surface area contributed by atoms with E-state index in [9.17, 15) is 4.79 Å². The highest BCUT2D eigenvalue weighted by Gasteiger charge is 2.14. The van der Waals surface area contributed by atoms with Gasteiger partial charge in [0.05, 0.1) is 0 Å². The Bertz CT molecular complexity index is 574. The van der Waals surface area contributed by atoms with E-state index in [0.717, 1.165) is 29.3 Å². The first-order chi connectivity index (χ1) is 8.63. The zero-order valence-electron chi connectivity index (χ0n) is 10.6. The molecule has 0 bridgehead atoms. The van der Waals surface area contributed by atoms with Crippen LogP contribution in [0.4, 0.5) is 0 Å². The van der Waals surface area contributed by atoms with Gasteiger partial charge in [-0.3, -0.25) is 4.79 Å². The van der Waals surface area contributed by atoms with E-state index < -0.39 is 0 Å². The number of carbonyl (C=O) groups is 1. The van der Waals surface area contributed by atoms with Gasteiger partial charge in [-0.1, -0.05) is 24.9 Å². The number of hydrogen-bond donors (Lipinski definition) is 2. The predicted octanol–water partition coefficient (Wildman–Crippen LogP) is 3.66. The molecule has 1 amide bonds. The van der Waals surface area contributed by atoms with Crippen LogP contribution in [0.15, 0.2) is 18.2 Å². The molecule has 0 spiro atoms. The van der Waals surface area contributed by atoms with Crippen molar-refractivity contribution < 1.29 is 4.79 Å². The van der Waals surface area contributed by atoms with Crippen LogP contribution in [-0.4, -0.2) is 17.4 Å². The second kappa shape index (κ2) is 5.44. The van der Waals surface area contributed by atoms with Crippen LogP contribution in [0.1, 0.15) is 35.8 Å². The van der Waals surface area contributed by atoms with Gasteiger partial charge >= 0.3 is 0 Å². The summed E-state index contributed by atoms with van der Waals surface area (Å²) in [6, 6.07) is 5.59. The van der Waals surface area contributed by atoms with E-state index in [-0.39, 0.29) is 5.91 Å². The van der Waals surface area contributed by atoms with Gasteiger partial charge in [0, 0.05) is 22.5 Å². The Balaban J connectivity index is 2.28. The maximum absolute atomic E-state index is 12.0. The fourth-order valence-electron chi connectivity index (χ4n) is 1.99. The number of hydrogen-bond acceptors (Lipinski definition) is 1. The van der Waals surface area contributed by atoms with Crippen LogP contribution in [0.5, 0.6) is 0 Å². The lowest BCUT2D eigenvalue weighted by Gasteiger charge is -2.03. The zero-order chi connectivity index (χ0) is 13.1. The van der Waals surface area contributed by atoms with Crippen LogP contribution >= 0.6 is 11.6 Å². The minimum Gasteiger partial charge on any atom is -0.351 e. The van der Waals surface area contributed by atoms with Gasteiger partial charge in [0.2, 0.25) is 0 Å². The fourth-order valence-corrected chi connectivity index (χ4v) is 2.17. The summed E-state index contributed by atoms with van der Waals surface area (Å²) in [6.07, 6.45) is 2.07. The minimum absolute atomic E-state index is 0.0479. The van der Waals surface area contributed by atoms with Crippen LogP contribution in [0.3, 0.4) is 0 Å². The normalized spacial score (nSPS) is 10.8. The van der Waals surface area contributed by atoms with Crippen molar-refractivity contribution in [3.05, 3.63) is 34.5 Å². The molecule has 2 N–H and O–H groups in total. The lowest BCUT2D eigenvalue weighted by atomic mass is 10.1. The summed E-state index contributed by atoms with van der Waals surface area (Å²) in [5.74, 6) is -0.0479. The van der Waals surface area contributed by atoms with Gasteiger partial charge in [0.15, 0.2) is 0 Å². The van der Waals surface area contributed by atoms with Crippen LogP contribution in [0, 0.1) is 6.92 Å². The lowest BCUT2D eigenvalue weighted by Crippen LogP contribution is -2.25. The average Bonchev–Trinajstić information content (AvgIpc) is 2.67. The zero-order valence-corrected chi connectivity index (χ0v) is 11.4. The van der Waals surface area contributed by atoms with Crippen LogP contribution < -0.4 is 5.32 Å². The summed E-state index contributed by atoms with van der Waals surface area (Å²) in [5.41, 5.74) is 2.52. The molecule has 0 unspecified atom stereocenters. The summed E-state index contributed by atoms with van der Waals surface area (Å²) in [7, 11) is 0. The van der Waals surface area contributed by atoms with Gasteiger partial charge in [-0.15, -0.1) is 0 Å². The number of nitrogens with one attached hydrogen (secondary N) is 2. The summed E-state index contributed by atoms with van der Waals surface area (Å²) < 4.78 is 0. The average molecular weight is 265 g/mol. The largest absolute Gasteiger partial charge is 0.351 e. The van der Waals surface area contributed by atoms with E-state index in [1.807, 2.05) is 25.1 Å². The first kappa shape index (κ1) is 13.0. The smallest absolute Gasteiger partial charge is 0.268 e. The standard InChI is InChI=1S/C14H17ClN2O/c1-3-4-7-16-14(18)13-9(2)11-8-10(15)5-6-12(11)17-13/h5-6,8,17H,3-4,7H2,1-2H3,(H,16,18). The molecule has 3 nitrogen and oxygen atoms in total. The molecule has 0 aliphatic carbocycles. The quantitative estimate of drug-likeness (QED) is 0.814. The SMILES string of the molecule is CCCCNC(=O)c1[nH]c2ccc(Cl)cc2c1C. The number of aromatic amines is 1. The molecule has 0 aliphatic rings. The highest BCUT2D eigenvalue weighted by Crippen LogP contribution is 2.24. The van der Waals surface area contributed by atoms with Crippen molar-refractivity contribution in [2.45, 2.75) is 26.7 Å². The number of amides is 1. The van der Waals surface area contributed by atoms with Gasteiger partial charge < -0.3 is 10.3 Å². The van der Waals surface area contributed by atoms with Crippen molar-refractivity contribution in [1.29, 1.82) is 0 Å². The van der Waals surface area contributed by atoms with Crippen molar-refractivity contribution in [1.82, 2.24) is 10.3 Å². The molecule has 2 aromatic rings. The molecule has 1 aromatic carbocycles. The number of H-pyrrole nitrogens is 1. The number of fused-ring (bicyclic) bond motifs is 1. The minimum atomic E-state index is -0.0479. The van der Waals surface area contributed by atoms with Crippen LogP contribution in [0.25, 0.3) is 10.9 Å². The second-order valence-electron chi connectivity index (χ2n) is 4.42. The van der Waals surface area contributed by atoms with Crippen molar-refractivity contribution in [2.75, 3.05) is 6.54 Å². The molecule has 96 valence electrons. The first-order valence-electron chi connectivity index (χ1n) is 6.19. The molecule has 18 heavy (non-hydrogen) atoms. The summed E-state index contributed by atoms with van der Waals surface area (Å²) in [4.78, 5) is 15.2. The Morgan fingerprint density at radius 3 is 2.94 bits per heavy atom. The number of aryl methyl sites for hydroxylation is 1. The monoisotopic (exact) mass is 264 g/mol. The van der Waals surface area contributed by atoms with E-state index in [2.05, 4.69) is 17.2 Å². The molecular weight excluding hydrogens is 248 g/mol. The number of carbonyl (C=O) groups excluding carboxylic acids is 1. The number of benzene rings is 1. The number of rotatable bonds is 4. The molecule has 1 heterocycles. The first-order valence-corrected chi connectivity index (χ1v) is 6.57. The lowest BCUT2D eigenvalue weighted by molar-refractivity contribution is 0.0948. The molecule has 1 aromatic heterocycles. The van der Waals surface area contributed by atoms with Gasteiger partial charge in [-0.2, -0.15) is 0 Å². The summed E-state index contributed by atoms with van der Waals surface area (Å²) >= 11 is 5.97. The van der Waals surface area contributed by atoms with E-state index in [4.69, 9.17) is 11.6 Å². The topological polar surface area (TPSA) is 44.9 Å². The molecule has 0 saturated carbocycles. The van der Waals surface area contributed by atoms with E-state index in [1.54, 1.807) is 0 Å². The number of aromatic nitrogens is 1. The maximum Gasteiger partial charge on any atom is 0.268 e. The molecule has 2 rings (SSSR count). The Kier molecular flexibility index (Phi) is 3.92. The molecule has 0 fully saturated rings. The second-order valence-corrected chi connectivity index (χ2v) is 4.86.